The highest BCUT2D eigenvalue weighted by Gasteiger charge is 2.31. The molecule has 0 bridgehead atoms. The summed E-state index contributed by atoms with van der Waals surface area (Å²) < 4.78 is 52.2. The van der Waals surface area contributed by atoms with Gasteiger partial charge in [0, 0.05) is 32.2 Å². The van der Waals surface area contributed by atoms with Gasteiger partial charge in [0.2, 0.25) is 0 Å². The van der Waals surface area contributed by atoms with Crippen LogP contribution in [0, 0.1) is 0 Å². The van der Waals surface area contributed by atoms with Crippen molar-refractivity contribution >= 4 is 22.0 Å². The summed E-state index contributed by atoms with van der Waals surface area (Å²) in [5.74, 6) is 0.114. The van der Waals surface area contributed by atoms with Crippen LogP contribution in [0.2, 0.25) is 0 Å². The highest BCUT2D eigenvalue weighted by atomic mass is 79.9. The normalized spacial score (nSPS) is 18.5. The highest BCUT2D eigenvalue weighted by Crippen LogP contribution is 2.32. The predicted molar refractivity (Wildman–Crippen MR) is 105 cm³/mol. The molecule has 1 heterocycles. The third-order valence-electron chi connectivity index (χ3n) is 4.19. The number of alkyl halides is 3. The first-order valence-corrected chi connectivity index (χ1v) is 10.0. The highest BCUT2D eigenvalue weighted by molar-refractivity contribution is 9.10. The van der Waals surface area contributed by atoms with Crippen molar-refractivity contribution in [3.05, 3.63) is 22.7 Å². The minimum absolute atomic E-state index is 0.130. The van der Waals surface area contributed by atoms with Gasteiger partial charge in [-0.15, -0.1) is 13.2 Å². The fourth-order valence-electron chi connectivity index (χ4n) is 2.89. The van der Waals surface area contributed by atoms with E-state index in [-0.39, 0.29) is 17.9 Å². The standard InChI is InChI=1S/C19H26BrF3N2O4/c1-13-12-25(17(26)29-18(2,3)4)8-7-24(13)9-10-27-16-6-5-14(11-15(16)20)28-19(21,22)23/h5-6,11,13H,7-10,12H2,1-4H3/t13-/m1/s1. The molecule has 10 heteroatoms. The summed E-state index contributed by atoms with van der Waals surface area (Å²) in [5.41, 5.74) is -0.528. The molecule has 2 rings (SSSR count). The van der Waals surface area contributed by atoms with Gasteiger partial charge in [-0.25, -0.2) is 4.79 Å². The quantitative estimate of drug-likeness (QED) is 0.610. The Balaban J connectivity index is 1.80. The summed E-state index contributed by atoms with van der Waals surface area (Å²) in [6.45, 7) is 10.3. The van der Waals surface area contributed by atoms with Crippen LogP contribution in [0.5, 0.6) is 11.5 Å². The molecule has 1 aliphatic heterocycles. The lowest BCUT2D eigenvalue weighted by atomic mass is 10.2. The van der Waals surface area contributed by atoms with Crippen LogP contribution in [0.15, 0.2) is 22.7 Å². The lowest BCUT2D eigenvalue weighted by Crippen LogP contribution is -2.55. The molecule has 0 radical (unpaired) electrons. The van der Waals surface area contributed by atoms with E-state index in [0.717, 1.165) is 0 Å². The Labute approximate surface area is 177 Å². The molecule has 0 unspecified atom stereocenters. The molecule has 0 saturated carbocycles. The van der Waals surface area contributed by atoms with Gasteiger partial charge in [0.05, 0.1) is 4.47 Å². The van der Waals surface area contributed by atoms with E-state index in [4.69, 9.17) is 9.47 Å². The van der Waals surface area contributed by atoms with Crippen molar-refractivity contribution in [2.75, 3.05) is 32.8 Å². The lowest BCUT2D eigenvalue weighted by molar-refractivity contribution is -0.274. The van der Waals surface area contributed by atoms with E-state index in [1.165, 1.54) is 18.2 Å². The largest absolute Gasteiger partial charge is 0.573 e. The molecule has 164 valence electrons. The first-order valence-electron chi connectivity index (χ1n) is 9.24. The average Bonchev–Trinajstić information content (AvgIpc) is 2.55. The molecule has 1 amide bonds. The first-order chi connectivity index (χ1) is 13.3. The Morgan fingerprint density at radius 3 is 2.48 bits per heavy atom. The third kappa shape index (κ3) is 7.93. The molecular weight excluding hydrogens is 457 g/mol. The second kappa shape index (κ2) is 9.42. The van der Waals surface area contributed by atoms with Crippen LogP contribution in [0.3, 0.4) is 0 Å². The molecule has 29 heavy (non-hydrogen) atoms. The van der Waals surface area contributed by atoms with E-state index < -0.39 is 12.0 Å². The van der Waals surface area contributed by atoms with Crippen molar-refractivity contribution in [1.82, 2.24) is 9.80 Å². The van der Waals surface area contributed by atoms with Crippen LogP contribution in [-0.4, -0.2) is 66.7 Å². The van der Waals surface area contributed by atoms with E-state index in [9.17, 15) is 18.0 Å². The van der Waals surface area contributed by atoms with Crippen LogP contribution in [-0.2, 0) is 4.74 Å². The SMILES string of the molecule is C[C@@H]1CN(C(=O)OC(C)(C)C)CCN1CCOc1ccc(OC(F)(F)F)cc1Br. The number of hydrogen-bond donors (Lipinski definition) is 0. The number of ether oxygens (including phenoxy) is 3. The summed E-state index contributed by atoms with van der Waals surface area (Å²) in [5, 5.41) is 0. The fourth-order valence-corrected chi connectivity index (χ4v) is 3.36. The van der Waals surface area contributed by atoms with E-state index in [1.54, 1.807) is 4.90 Å². The molecule has 1 aliphatic rings. The summed E-state index contributed by atoms with van der Waals surface area (Å²) in [6.07, 6.45) is -5.05. The van der Waals surface area contributed by atoms with Gasteiger partial charge in [-0.05, 0) is 61.8 Å². The van der Waals surface area contributed by atoms with E-state index in [1.807, 2.05) is 27.7 Å². The second-order valence-corrected chi connectivity index (χ2v) is 8.65. The monoisotopic (exact) mass is 482 g/mol. The number of carbonyl (C=O) groups excluding carboxylic acids is 1. The van der Waals surface area contributed by atoms with Crippen molar-refractivity contribution in [2.24, 2.45) is 0 Å². The number of halogens is 4. The summed E-state index contributed by atoms with van der Waals surface area (Å²) in [4.78, 5) is 16.1. The first kappa shape index (κ1) is 23.6. The van der Waals surface area contributed by atoms with Gasteiger partial charge in [0.15, 0.2) is 0 Å². The Hall–Kier alpha value is -1.68. The maximum absolute atomic E-state index is 12.3. The Kier molecular flexibility index (Phi) is 7.67. The van der Waals surface area contributed by atoms with E-state index >= 15 is 0 Å². The Bertz CT molecular complexity index is 710. The maximum Gasteiger partial charge on any atom is 0.573 e. The molecule has 1 saturated heterocycles. The van der Waals surface area contributed by atoms with Crippen LogP contribution in [0.4, 0.5) is 18.0 Å². The molecule has 0 aliphatic carbocycles. The summed E-state index contributed by atoms with van der Waals surface area (Å²) in [7, 11) is 0. The van der Waals surface area contributed by atoms with Gasteiger partial charge in [0.25, 0.3) is 0 Å². The maximum atomic E-state index is 12.3. The number of benzene rings is 1. The van der Waals surface area contributed by atoms with Crippen LogP contribution in [0.1, 0.15) is 27.7 Å². The van der Waals surface area contributed by atoms with E-state index in [0.29, 0.717) is 43.0 Å². The summed E-state index contributed by atoms with van der Waals surface area (Å²) >= 11 is 3.20. The topological polar surface area (TPSA) is 51.2 Å². The molecule has 1 aromatic carbocycles. The molecule has 1 fully saturated rings. The van der Waals surface area contributed by atoms with Crippen LogP contribution < -0.4 is 9.47 Å². The number of amides is 1. The molecule has 1 atom stereocenters. The molecular formula is C19H26BrF3N2O4. The smallest absolute Gasteiger partial charge is 0.491 e. The van der Waals surface area contributed by atoms with Gasteiger partial charge in [0.1, 0.15) is 23.7 Å². The second-order valence-electron chi connectivity index (χ2n) is 7.80. The van der Waals surface area contributed by atoms with Crippen molar-refractivity contribution in [1.29, 1.82) is 0 Å². The van der Waals surface area contributed by atoms with Crippen LogP contribution in [0.25, 0.3) is 0 Å². The van der Waals surface area contributed by atoms with Crippen molar-refractivity contribution < 1.29 is 32.2 Å². The number of piperazine rings is 1. The molecule has 0 N–H and O–H groups in total. The Morgan fingerprint density at radius 2 is 1.93 bits per heavy atom. The zero-order valence-corrected chi connectivity index (χ0v) is 18.5. The van der Waals surface area contributed by atoms with Gasteiger partial charge in [-0.3, -0.25) is 4.90 Å². The number of carbonyl (C=O) groups is 1. The summed E-state index contributed by atoms with van der Waals surface area (Å²) in [6, 6.07) is 3.97. The molecule has 1 aromatic rings. The lowest BCUT2D eigenvalue weighted by Gasteiger charge is -2.40. The zero-order valence-electron chi connectivity index (χ0n) is 16.9. The van der Waals surface area contributed by atoms with Crippen molar-refractivity contribution in [3.63, 3.8) is 0 Å². The van der Waals surface area contributed by atoms with Crippen LogP contribution >= 0.6 is 15.9 Å². The van der Waals surface area contributed by atoms with Gasteiger partial charge in [-0.2, -0.15) is 0 Å². The zero-order chi connectivity index (χ0) is 21.8. The number of nitrogens with zero attached hydrogens (tertiary/aromatic N) is 2. The number of hydrogen-bond acceptors (Lipinski definition) is 5. The Morgan fingerprint density at radius 1 is 1.24 bits per heavy atom. The minimum Gasteiger partial charge on any atom is -0.491 e. The fraction of sp³-hybridized carbons (Fsp3) is 0.632. The molecule has 0 aromatic heterocycles. The molecule has 6 nitrogen and oxygen atoms in total. The average molecular weight is 483 g/mol. The number of rotatable bonds is 5. The minimum atomic E-state index is -4.74. The van der Waals surface area contributed by atoms with Gasteiger partial charge >= 0.3 is 12.5 Å². The van der Waals surface area contributed by atoms with Gasteiger partial charge in [-0.1, -0.05) is 0 Å². The van der Waals surface area contributed by atoms with Gasteiger partial charge < -0.3 is 19.1 Å². The predicted octanol–water partition coefficient (Wildman–Crippen LogP) is 4.67. The molecule has 0 spiro atoms. The third-order valence-corrected chi connectivity index (χ3v) is 4.81. The van der Waals surface area contributed by atoms with Crippen molar-refractivity contribution in [3.8, 4) is 11.5 Å². The van der Waals surface area contributed by atoms with Crippen molar-refractivity contribution in [2.45, 2.75) is 45.7 Å². The van der Waals surface area contributed by atoms with E-state index in [2.05, 4.69) is 25.6 Å².